The van der Waals surface area contributed by atoms with Crippen LogP contribution in [0.1, 0.15) is 0 Å². The number of fused-ring (bicyclic) bond motifs is 2. The summed E-state index contributed by atoms with van der Waals surface area (Å²) in [6.07, 6.45) is 1.12. The summed E-state index contributed by atoms with van der Waals surface area (Å²) >= 11 is 7.10. The van der Waals surface area contributed by atoms with Gasteiger partial charge in [0.05, 0.1) is 0 Å². The molecule has 0 aliphatic rings. The summed E-state index contributed by atoms with van der Waals surface area (Å²) in [5, 5.41) is 5.25. The zero-order valence-electron chi connectivity index (χ0n) is 11.3. The average Bonchev–Trinajstić information content (AvgIpc) is 2.52. The van der Waals surface area contributed by atoms with Gasteiger partial charge in [-0.1, -0.05) is 80.7 Å². The van der Waals surface area contributed by atoms with E-state index in [0.29, 0.717) is 0 Å². The molecule has 106 valence electrons. The lowest BCUT2D eigenvalue weighted by Gasteiger charge is -2.00. The van der Waals surface area contributed by atoms with Gasteiger partial charge in [0.2, 0.25) is 0 Å². The average molecular weight is 313 g/mol. The highest BCUT2D eigenvalue weighted by Gasteiger charge is 1.95. The standard InChI is InChI=1S/C14H10.C3H5NOS2/c1-2-6-12-10-14-8-4-3-7-13(14)9-11(12)5-1;1-2-3(5)4(6)7/h1-10H;2,6-7H,1H2. The fraction of sp³-hybridized carbons (Fsp3) is 0. The van der Waals surface area contributed by atoms with Gasteiger partial charge < -0.3 is 0 Å². The van der Waals surface area contributed by atoms with E-state index < -0.39 is 0 Å². The van der Waals surface area contributed by atoms with E-state index >= 15 is 0 Å². The van der Waals surface area contributed by atoms with Gasteiger partial charge in [-0.25, -0.2) is 3.71 Å². The molecule has 0 aliphatic carbocycles. The van der Waals surface area contributed by atoms with Crippen LogP contribution in [0.3, 0.4) is 0 Å². The maximum Gasteiger partial charge on any atom is 0.265 e. The Bertz CT molecular complexity index is 679. The summed E-state index contributed by atoms with van der Waals surface area (Å²) in [5.74, 6) is -0.327. The molecule has 21 heavy (non-hydrogen) atoms. The number of carbonyl (C=O) groups is 1. The molecule has 0 saturated carbocycles. The first-order valence-corrected chi connectivity index (χ1v) is 7.13. The fourth-order valence-electron chi connectivity index (χ4n) is 1.96. The smallest absolute Gasteiger partial charge is 0.265 e. The van der Waals surface area contributed by atoms with Crippen molar-refractivity contribution < 1.29 is 4.79 Å². The van der Waals surface area contributed by atoms with Crippen molar-refractivity contribution in [2.45, 2.75) is 0 Å². The topological polar surface area (TPSA) is 20.3 Å². The van der Waals surface area contributed by atoms with Crippen molar-refractivity contribution in [2.24, 2.45) is 0 Å². The highest BCUT2D eigenvalue weighted by atomic mass is 32.2. The third kappa shape index (κ3) is 4.03. The lowest BCUT2D eigenvalue weighted by atomic mass is 10.0. The maximum absolute atomic E-state index is 10.2. The molecule has 0 unspecified atom stereocenters. The van der Waals surface area contributed by atoms with Gasteiger partial charge in [0.1, 0.15) is 0 Å². The quantitative estimate of drug-likeness (QED) is 0.379. The summed E-state index contributed by atoms with van der Waals surface area (Å²) in [6, 6.07) is 21.4. The number of amides is 1. The number of nitrogens with zero attached hydrogens (tertiary/aromatic N) is 1. The minimum Gasteiger partial charge on any atom is -0.268 e. The number of thiol groups is 2. The lowest BCUT2D eigenvalue weighted by molar-refractivity contribution is -0.117. The van der Waals surface area contributed by atoms with Crippen LogP contribution in [-0.4, -0.2) is 9.62 Å². The first kappa shape index (κ1) is 15.5. The SMILES string of the molecule is C=CC(=O)N(S)S.c1ccc2cc3ccccc3cc2c1. The normalized spacial score (nSPS) is 9.81. The molecule has 4 heteroatoms. The van der Waals surface area contributed by atoms with Crippen LogP contribution in [0, 0.1) is 0 Å². The van der Waals surface area contributed by atoms with Gasteiger partial charge in [-0.2, -0.15) is 0 Å². The Morgan fingerprint density at radius 3 is 1.38 bits per heavy atom. The van der Waals surface area contributed by atoms with Crippen molar-refractivity contribution in [1.29, 1.82) is 0 Å². The Hall–Kier alpha value is -1.91. The molecule has 3 aromatic carbocycles. The van der Waals surface area contributed by atoms with E-state index in [2.05, 4.69) is 92.9 Å². The number of hydrogen-bond acceptors (Lipinski definition) is 3. The Kier molecular flexibility index (Phi) is 5.31. The Morgan fingerprint density at radius 1 is 0.857 bits per heavy atom. The first-order valence-electron chi connectivity index (χ1n) is 6.33. The minimum atomic E-state index is -0.327. The molecule has 0 aliphatic heterocycles. The van der Waals surface area contributed by atoms with Crippen molar-refractivity contribution >= 4 is 53.1 Å². The molecule has 2 nitrogen and oxygen atoms in total. The van der Waals surface area contributed by atoms with E-state index in [4.69, 9.17) is 0 Å². The third-order valence-corrected chi connectivity index (χ3v) is 3.38. The monoisotopic (exact) mass is 313 g/mol. The van der Waals surface area contributed by atoms with E-state index in [1.165, 1.54) is 21.5 Å². The highest BCUT2D eigenvalue weighted by Crippen LogP contribution is 2.21. The zero-order valence-corrected chi connectivity index (χ0v) is 13.1. The molecule has 0 heterocycles. The van der Waals surface area contributed by atoms with E-state index in [0.717, 1.165) is 9.79 Å². The second kappa shape index (κ2) is 7.20. The molecular weight excluding hydrogens is 298 g/mol. The van der Waals surface area contributed by atoms with Gasteiger partial charge in [-0.3, -0.25) is 4.79 Å². The Morgan fingerprint density at radius 2 is 1.19 bits per heavy atom. The predicted octanol–water partition coefficient (Wildman–Crippen LogP) is 4.68. The molecule has 0 bridgehead atoms. The molecule has 0 saturated heterocycles. The molecular formula is C17H15NOS2. The van der Waals surface area contributed by atoms with E-state index in [1.807, 2.05) is 0 Å². The van der Waals surface area contributed by atoms with Crippen molar-refractivity contribution in [3.05, 3.63) is 73.3 Å². The van der Waals surface area contributed by atoms with Gasteiger partial charge in [-0.05, 0) is 39.8 Å². The minimum absolute atomic E-state index is 0.327. The third-order valence-electron chi connectivity index (χ3n) is 2.99. The van der Waals surface area contributed by atoms with Crippen LogP contribution < -0.4 is 0 Å². The Balaban J connectivity index is 0.000000199. The number of carbonyl (C=O) groups excluding carboxylic acids is 1. The molecule has 0 aromatic heterocycles. The van der Waals surface area contributed by atoms with Crippen LogP contribution >= 0.6 is 25.6 Å². The van der Waals surface area contributed by atoms with E-state index in [9.17, 15) is 4.79 Å². The van der Waals surface area contributed by atoms with Crippen LogP contribution in [0.2, 0.25) is 0 Å². The molecule has 0 atom stereocenters. The molecule has 1 amide bonds. The Labute approximate surface area is 135 Å². The molecule has 0 N–H and O–H groups in total. The molecule has 3 rings (SSSR count). The lowest BCUT2D eigenvalue weighted by Crippen LogP contribution is -2.05. The zero-order chi connectivity index (χ0) is 15.2. The van der Waals surface area contributed by atoms with Crippen LogP contribution in [0.4, 0.5) is 0 Å². The van der Waals surface area contributed by atoms with Gasteiger partial charge >= 0.3 is 0 Å². The van der Waals surface area contributed by atoms with Crippen LogP contribution in [-0.2, 0) is 4.79 Å². The van der Waals surface area contributed by atoms with Crippen molar-refractivity contribution in [1.82, 2.24) is 3.71 Å². The summed E-state index contributed by atoms with van der Waals surface area (Å²) in [4.78, 5) is 10.2. The second-order valence-corrected chi connectivity index (χ2v) is 5.49. The fourth-order valence-corrected chi connectivity index (χ4v) is 2.13. The van der Waals surface area contributed by atoms with Gasteiger partial charge in [-0.15, -0.1) is 0 Å². The van der Waals surface area contributed by atoms with Crippen LogP contribution in [0.15, 0.2) is 73.3 Å². The number of benzene rings is 3. The van der Waals surface area contributed by atoms with Gasteiger partial charge in [0.25, 0.3) is 5.91 Å². The van der Waals surface area contributed by atoms with E-state index in [1.54, 1.807) is 0 Å². The van der Waals surface area contributed by atoms with Crippen molar-refractivity contribution in [3.63, 3.8) is 0 Å². The number of hydrogen-bond donors (Lipinski definition) is 2. The van der Waals surface area contributed by atoms with E-state index in [-0.39, 0.29) is 5.91 Å². The van der Waals surface area contributed by atoms with Crippen molar-refractivity contribution in [2.75, 3.05) is 0 Å². The summed E-state index contributed by atoms with van der Waals surface area (Å²) < 4.78 is 0.854. The summed E-state index contributed by atoms with van der Waals surface area (Å²) in [6.45, 7) is 3.19. The number of rotatable bonds is 1. The molecule has 0 radical (unpaired) electrons. The molecule has 3 aromatic rings. The van der Waals surface area contributed by atoms with Gasteiger partial charge in [0.15, 0.2) is 0 Å². The van der Waals surface area contributed by atoms with Gasteiger partial charge in [0, 0.05) is 0 Å². The summed E-state index contributed by atoms with van der Waals surface area (Å²) in [5.41, 5.74) is 0. The highest BCUT2D eigenvalue weighted by molar-refractivity contribution is 7.94. The largest absolute Gasteiger partial charge is 0.268 e. The molecule has 0 spiro atoms. The van der Waals surface area contributed by atoms with Crippen LogP contribution in [0.5, 0.6) is 0 Å². The second-order valence-electron chi connectivity index (χ2n) is 4.38. The maximum atomic E-state index is 10.2. The van der Waals surface area contributed by atoms with Crippen LogP contribution in [0.25, 0.3) is 21.5 Å². The first-order chi connectivity index (χ1) is 10.1. The van der Waals surface area contributed by atoms with Crippen molar-refractivity contribution in [3.8, 4) is 0 Å². The predicted molar refractivity (Wildman–Crippen MR) is 96.5 cm³/mol. The molecule has 0 fully saturated rings. The summed E-state index contributed by atoms with van der Waals surface area (Å²) in [7, 11) is 0.